The molecule has 0 aromatic rings. The predicted molar refractivity (Wildman–Crippen MR) is 74.7 cm³/mol. The summed E-state index contributed by atoms with van der Waals surface area (Å²) in [5.74, 6) is 1.31. The molecule has 0 amide bonds. The molecule has 0 bridgehead atoms. The van der Waals surface area contributed by atoms with Crippen LogP contribution < -0.4 is 0 Å². The van der Waals surface area contributed by atoms with Crippen molar-refractivity contribution in [2.75, 3.05) is 19.7 Å². The van der Waals surface area contributed by atoms with E-state index in [0.717, 1.165) is 6.54 Å². The highest BCUT2D eigenvalue weighted by molar-refractivity contribution is 4.90. The highest BCUT2D eigenvalue weighted by Crippen LogP contribution is 2.31. The minimum atomic E-state index is -0.690. The molecular formula is C15H27NO3. The molecule has 110 valence electrons. The molecule has 1 unspecified atom stereocenters. The van der Waals surface area contributed by atoms with Crippen LogP contribution in [-0.4, -0.2) is 58.2 Å². The molecule has 1 heterocycles. The third kappa shape index (κ3) is 3.78. The molecule has 1 aliphatic heterocycles. The Balaban J connectivity index is 1.85. The van der Waals surface area contributed by atoms with Crippen molar-refractivity contribution in [1.29, 1.82) is 0 Å². The highest BCUT2D eigenvalue weighted by atomic mass is 16.3. The lowest BCUT2D eigenvalue weighted by molar-refractivity contribution is -0.0758. The van der Waals surface area contributed by atoms with Gasteiger partial charge in [-0.3, -0.25) is 4.90 Å². The number of piperidine rings is 1. The highest BCUT2D eigenvalue weighted by Gasteiger charge is 2.34. The summed E-state index contributed by atoms with van der Waals surface area (Å²) in [7, 11) is 0. The van der Waals surface area contributed by atoms with Crippen molar-refractivity contribution in [3.05, 3.63) is 12.7 Å². The minimum Gasteiger partial charge on any atom is -0.395 e. The lowest BCUT2D eigenvalue weighted by atomic mass is 9.81. The number of hydrogen-bond donors (Lipinski definition) is 3. The van der Waals surface area contributed by atoms with E-state index in [4.69, 9.17) is 0 Å². The van der Waals surface area contributed by atoms with Crippen LogP contribution >= 0.6 is 0 Å². The first-order valence-electron chi connectivity index (χ1n) is 7.47. The van der Waals surface area contributed by atoms with Gasteiger partial charge < -0.3 is 15.3 Å². The standard InChI is InChI=1S/C15H27NO3/c1-2-11-3-5-12(6-4-11)8-16-9-15(19)14(18)7-13(16)10-17/h2,11-15,17-19H,1,3-10H2/t11?,12?,13-,14?,15+/m1/s1. The Kier molecular flexibility index (Phi) is 5.39. The summed E-state index contributed by atoms with van der Waals surface area (Å²) in [6.07, 6.45) is 5.98. The van der Waals surface area contributed by atoms with E-state index in [0.29, 0.717) is 24.8 Å². The Morgan fingerprint density at radius 1 is 1.11 bits per heavy atom. The van der Waals surface area contributed by atoms with E-state index in [2.05, 4.69) is 17.6 Å². The number of aliphatic hydroxyl groups is 3. The molecule has 3 N–H and O–H groups in total. The molecular weight excluding hydrogens is 242 g/mol. The van der Waals surface area contributed by atoms with Crippen LogP contribution in [0.3, 0.4) is 0 Å². The quantitative estimate of drug-likeness (QED) is 0.660. The maximum Gasteiger partial charge on any atom is 0.0926 e. The van der Waals surface area contributed by atoms with Crippen molar-refractivity contribution >= 4 is 0 Å². The van der Waals surface area contributed by atoms with Gasteiger partial charge in [0.2, 0.25) is 0 Å². The van der Waals surface area contributed by atoms with Crippen molar-refractivity contribution in [2.24, 2.45) is 11.8 Å². The van der Waals surface area contributed by atoms with Crippen molar-refractivity contribution < 1.29 is 15.3 Å². The van der Waals surface area contributed by atoms with Gasteiger partial charge in [0, 0.05) is 19.1 Å². The molecule has 19 heavy (non-hydrogen) atoms. The number of rotatable bonds is 4. The van der Waals surface area contributed by atoms with Crippen molar-refractivity contribution in [3.8, 4) is 0 Å². The molecule has 1 aliphatic carbocycles. The van der Waals surface area contributed by atoms with Crippen LogP contribution in [0.15, 0.2) is 12.7 Å². The molecule has 1 saturated heterocycles. The zero-order chi connectivity index (χ0) is 13.8. The summed E-state index contributed by atoms with van der Waals surface area (Å²) < 4.78 is 0. The Morgan fingerprint density at radius 2 is 1.79 bits per heavy atom. The van der Waals surface area contributed by atoms with Crippen LogP contribution in [-0.2, 0) is 0 Å². The second-order valence-corrected chi connectivity index (χ2v) is 6.18. The van der Waals surface area contributed by atoms with E-state index < -0.39 is 12.2 Å². The summed E-state index contributed by atoms with van der Waals surface area (Å²) in [6, 6.07) is -0.00414. The molecule has 2 rings (SSSR count). The lowest BCUT2D eigenvalue weighted by Gasteiger charge is -2.42. The monoisotopic (exact) mass is 269 g/mol. The summed E-state index contributed by atoms with van der Waals surface area (Å²) in [6.45, 7) is 5.34. The number of aliphatic hydroxyl groups excluding tert-OH is 3. The van der Waals surface area contributed by atoms with Gasteiger partial charge in [-0.25, -0.2) is 0 Å². The normalized spacial score (nSPS) is 41.1. The van der Waals surface area contributed by atoms with Crippen LogP contribution in [0.5, 0.6) is 0 Å². The summed E-state index contributed by atoms with van der Waals surface area (Å²) in [5, 5.41) is 28.9. The fourth-order valence-electron chi connectivity index (χ4n) is 3.45. The fourth-order valence-corrected chi connectivity index (χ4v) is 3.45. The van der Waals surface area contributed by atoms with Crippen LogP contribution in [0.1, 0.15) is 32.1 Å². The predicted octanol–water partition coefficient (Wildman–Crippen LogP) is 0.767. The minimum absolute atomic E-state index is 0.00414. The zero-order valence-corrected chi connectivity index (χ0v) is 11.6. The number of β-amino-alcohol motifs (C(OH)–C–C–N with tert-alkyl or cyclic N) is 1. The van der Waals surface area contributed by atoms with Gasteiger partial charge in [0.05, 0.1) is 18.8 Å². The van der Waals surface area contributed by atoms with Crippen molar-refractivity contribution in [3.63, 3.8) is 0 Å². The third-order valence-corrected chi connectivity index (χ3v) is 4.82. The van der Waals surface area contributed by atoms with Crippen molar-refractivity contribution in [1.82, 2.24) is 4.90 Å². The maximum atomic E-state index is 9.78. The molecule has 3 atom stereocenters. The van der Waals surface area contributed by atoms with Gasteiger partial charge in [0.25, 0.3) is 0 Å². The molecule has 4 heteroatoms. The first-order valence-corrected chi connectivity index (χ1v) is 7.47. The maximum absolute atomic E-state index is 9.78. The molecule has 0 radical (unpaired) electrons. The Hall–Kier alpha value is -0.420. The largest absolute Gasteiger partial charge is 0.395 e. The molecule has 1 saturated carbocycles. The number of likely N-dealkylation sites (tertiary alicyclic amines) is 1. The molecule has 0 spiro atoms. The summed E-state index contributed by atoms with van der Waals surface area (Å²) in [4.78, 5) is 2.16. The summed E-state index contributed by atoms with van der Waals surface area (Å²) in [5.41, 5.74) is 0. The van der Waals surface area contributed by atoms with E-state index >= 15 is 0 Å². The zero-order valence-electron chi connectivity index (χ0n) is 11.6. The Morgan fingerprint density at radius 3 is 2.37 bits per heavy atom. The van der Waals surface area contributed by atoms with Gasteiger partial charge in [-0.05, 0) is 43.9 Å². The molecule has 4 nitrogen and oxygen atoms in total. The SMILES string of the molecule is C=CC1CCC(CN2C[C@H](O)C(O)C[C@@H]2CO)CC1. The molecule has 0 aromatic heterocycles. The molecule has 2 aliphatic rings. The van der Waals surface area contributed by atoms with Gasteiger partial charge in [-0.15, -0.1) is 6.58 Å². The smallest absolute Gasteiger partial charge is 0.0926 e. The second-order valence-electron chi connectivity index (χ2n) is 6.18. The number of nitrogens with zero attached hydrogens (tertiary/aromatic N) is 1. The third-order valence-electron chi connectivity index (χ3n) is 4.82. The Bertz CT molecular complexity index is 289. The van der Waals surface area contributed by atoms with Crippen LogP contribution in [0, 0.1) is 11.8 Å². The van der Waals surface area contributed by atoms with Gasteiger partial charge in [0.1, 0.15) is 0 Å². The first-order chi connectivity index (χ1) is 9.13. The van der Waals surface area contributed by atoms with Gasteiger partial charge >= 0.3 is 0 Å². The fraction of sp³-hybridized carbons (Fsp3) is 0.867. The van der Waals surface area contributed by atoms with E-state index in [1.165, 1.54) is 25.7 Å². The van der Waals surface area contributed by atoms with Gasteiger partial charge in [0.15, 0.2) is 0 Å². The summed E-state index contributed by atoms with van der Waals surface area (Å²) >= 11 is 0. The number of allylic oxidation sites excluding steroid dienone is 1. The van der Waals surface area contributed by atoms with Crippen molar-refractivity contribution in [2.45, 2.75) is 50.4 Å². The van der Waals surface area contributed by atoms with Gasteiger partial charge in [-0.1, -0.05) is 6.08 Å². The van der Waals surface area contributed by atoms with E-state index in [-0.39, 0.29) is 12.6 Å². The number of hydrogen-bond acceptors (Lipinski definition) is 4. The Labute approximate surface area is 115 Å². The average Bonchev–Trinajstić information content (AvgIpc) is 2.43. The molecule has 2 fully saturated rings. The van der Waals surface area contributed by atoms with E-state index in [9.17, 15) is 15.3 Å². The van der Waals surface area contributed by atoms with Gasteiger partial charge in [-0.2, -0.15) is 0 Å². The average molecular weight is 269 g/mol. The van der Waals surface area contributed by atoms with Crippen LogP contribution in [0.2, 0.25) is 0 Å². The van der Waals surface area contributed by atoms with Crippen LogP contribution in [0.25, 0.3) is 0 Å². The topological polar surface area (TPSA) is 63.9 Å². The lowest BCUT2D eigenvalue weighted by Crippen LogP contribution is -2.54. The first kappa shape index (κ1) is 15.0. The van der Waals surface area contributed by atoms with Crippen LogP contribution in [0.4, 0.5) is 0 Å². The second kappa shape index (κ2) is 6.84. The van der Waals surface area contributed by atoms with E-state index in [1.807, 2.05) is 0 Å². The molecule has 0 aromatic carbocycles. The van der Waals surface area contributed by atoms with E-state index in [1.54, 1.807) is 0 Å².